The third kappa shape index (κ3) is 3.76. The van der Waals surface area contributed by atoms with Gasteiger partial charge in [-0.15, -0.1) is 0 Å². The smallest absolute Gasteiger partial charge is 0.325 e. The molecular formula is C13H17NO4. The highest BCUT2D eigenvalue weighted by atomic mass is 16.6. The topological polar surface area (TPSA) is 89.6 Å². The molecule has 5 nitrogen and oxygen atoms in total. The summed E-state index contributed by atoms with van der Waals surface area (Å²) >= 11 is 0. The maximum atomic E-state index is 11.9. The van der Waals surface area contributed by atoms with Gasteiger partial charge in [0, 0.05) is 5.69 Å². The lowest BCUT2D eigenvalue weighted by Gasteiger charge is -2.22. The maximum absolute atomic E-state index is 11.9. The molecule has 0 heterocycles. The number of carbonyl (C=O) groups is 2. The molecule has 0 saturated heterocycles. The Morgan fingerprint density at radius 2 is 1.72 bits per heavy atom. The van der Waals surface area contributed by atoms with E-state index in [4.69, 9.17) is 15.6 Å². The number of carboxylic acids is 1. The zero-order valence-electron chi connectivity index (χ0n) is 10.6. The predicted octanol–water partition coefficient (Wildman–Crippen LogP) is 1.78. The Morgan fingerprint density at radius 1 is 1.22 bits per heavy atom. The molecule has 1 rings (SSSR count). The Morgan fingerprint density at radius 3 is 2.11 bits per heavy atom. The lowest BCUT2D eigenvalue weighted by atomic mass is 9.99. The molecule has 5 heteroatoms. The van der Waals surface area contributed by atoms with Crippen LogP contribution in [0.15, 0.2) is 24.3 Å². The van der Waals surface area contributed by atoms with Gasteiger partial charge in [-0.1, -0.05) is 12.1 Å². The molecule has 0 amide bonds. The maximum Gasteiger partial charge on any atom is 0.325 e. The number of ether oxygens (including phenoxy) is 1. The summed E-state index contributed by atoms with van der Waals surface area (Å²) in [7, 11) is 0. The van der Waals surface area contributed by atoms with Crippen molar-refractivity contribution in [3.63, 3.8) is 0 Å². The second kappa shape index (κ2) is 5.08. The van der Waals surface area contributed by atoms with Crippen molar-refractivity contribution >= 4 is 17.6 Å². The molecule has 0 fully saturated rings. The first-order valence-electron chi connectivity index (χ1n) is 5.52. The summed E-state index contributed by atoms with van der Waals surface area (Å²) in [5.41, 5.74) is 5.65. The summed E-state index contributed by atoms with van der Waals surface area (Å²) in [6.07, 6.45) is 0. The van der Waals surface area contributed by atoms with Crippen LogP contribution in [0.5, 0.6) is 0 Å². The van der Waals surface area contributed by atoms with Gasteiger partial charge in [0.15, 0.2) is 5.92 Å². The van der Waals surface area contributed by atoms with Gasteiger partial charge in [0.25, 0.3) is 0 Å². The van der Waals surface area contributed by atoms with Crippen LogP contribution < -0.4 is 5.73 Å². The third-order valence-electron chi connectivity index (χ3n) is 2.16. The van der Waals surface area contributed by atoms with Crippen molar-refractivity contribution in [3.05, 3.63) is 29.8 Å². The summed E-state index contributed by atoms with van der Waals surface area (Å²) in [5.74, 6) is -3.35. The van der Waals surface area contributed by atoms with Crippen molar-refractivity contribution in [3.8, 4) is 0 Å². The number of carbonyl (C=O) groups excluding carboxylic acids is 1. The molecule has 98 valence electrons. The molecule has 0 aliphatic carbocycles. The molecule has 1 atom stereocenters. The molecule has 0 radical (unpaired) electrons. The second-order valence-corrected chi connectivity index (χ2v) is 4.97. The number of carboxylic acid groups (broad SMARTS) is 1. The molecule has 0 saturated carbocycles. The van der Waals surface area contributed by atoms with Crippen molar-refractivity contribution in [2.24, 2.45) is 0 Å². The molecule has 1 aromatic rings. The number of anilines is 1. The predicted molar refractivity (Wildman–Crippen MR) is 67.1 cm³/mol. The second-order valence-electron chi connectivity index (χ2n) is 4.97. The Balaban J connectivity index is 3.00. The fraction of sp³-hybridized carbons (Fsp3) is 0.385. The van der Waals surface area contributed by atoms with Crippen LogP contribution in [-0.2, 0) is 14.3 Å². The monoisotopic (exact) mass is 251 g/mol. The highest BCUT2D eigenvalue weighted by Gasteiger charge is 2.32. The van der Waals surface area contributed by atoms with Gasteiger partial charge >= 0.3 is 11.9 Å². The van der Waals surface area contributed by atoms with Crippen molar-refractivity contribution in [2.45, 2.75) is 32.3 Å². The Kier molecular flexibility index (Phi) is 3.96. The van der Waals surface area contributed by atoms with E-state index < -0.39 is 23.5 Å². The molecule has 0 bridgehead atoms. The lowest BCUT2D eigenvalue weighted by molar-refractivity contribution is -0.162. The molecule has 3 N–H and O–H groups in total. The molecular weight excluding hydrogens is 234 g/mol. The minimum atomic E-state index is -1.33. The fourth-order valence-corrected chi connectivity index (χ4v) is 1.43. The van der Waals surface area contributed by atoms with Gasteiger partial charge in [-0.05, 0) is 38.5 Å². The third-order valence-corrected chi connectivity index (χ3v) is 2.16. The Hall–Kier alpha value is -2.04. The van der Waals surface area contributed by atoms with Crippen molar-refractivity contribution in [1.29, 1.82) is 0 Å². The highest BCUT2D eigenvalue weighted by molar-refractivity contribution is 6.00. The summed E-state index contributed by atoms with van der Waals surface area (Å²) in [5, 5.41) is 9.13. The number of nitrogens with two attached hydrogens (primary N) is 1. The summed E-state index contributed by atoms with van der Waals surface area (Å²) in [6.45, 7) is 5.06. The number of hydrogen-bond donors (Lipinski definition) is 2. The van der Waals surface area contributed by atoms with Gasteiger partial charge in [-0.2, -0.15) is 0 Å². The molecule has 0 aliphatic heterocycles. The first kappa shape index (κ1) is 14.0. The van der Waals surface area contributed by atoms with Crippen LogP contribution in [0.1, 0.15) is 32.3 Å². The van der Waals surface area contributed by atoms with Gasteiger partial charge in [0.2, 0.25) is 0 Å². The number of aliphatic carboxylic acids is 1. The SMILES string of the molecule is CC(C)(C)OC(=O)C(C(=O)O)c1ccc(N)cc1. The normalized spacial score (nSPS) is 12.8. The Labute approximate surface area is 106 Å². The summed E-state index contributed by atoms with van der Waals surface area (Å²) in [6, 6.07) is 6.13. The van der Waals surface area contributed by atoms with Crippen LogP contribution in [0.25, 0.3) is 0 Å². The van der Waals surface area contributed by atoms with Crippen molar-refractivity contribution < 1.29 is 19.4 Å². The number of hydrogen-bond acceptors (Lipinski definition) is 4. The summed E-state index contributed by atoms with van der Waals surface area (Å²) in [4.78, 5) is 23.0. The standard InChI is InChI=1S/C13H17NO4/c1-13(2,3)18-12(17)10(11(15)16)8-4-6-9(14)7-5-8/h4-7,10H,14H2,1-3H3,(H,15,16). The van der Waals surface area contributed by atoms with E-state index in [1.54, 1.807) is 32.9 Å². The fourth-order valence-electron chi connectivity index (χ4n) is 1.43. The van der Waals surface area contributed by atoms with Crippen LogP contribution in [0, 0.1) is 0 Å². The van der Waals surface area contributed by atoms with E-state index in [0.717, 1.165) is 0 Å². The average Bonchev–Trinajstić information content (AvgIpc) is 2.18. The average molecular weight is 251 g/mol. The quantitative estimate of drug-likeness (QED) is 0.485. The number of esters is 1. The van der Waals surface area contributed by atoms with Gasteiger partial charge in [-0.25, -0.2) is 0 Å². The van der Waals surface area contributed by atoms with E-state index in [9.17, 15) is 9.59 Å². The zero-order chi connectivity index (χ0) is 13.9. The molecule has 1 unspecified atom stereocenters. The van der Waals surface area contributed by atoms with Crippen LogP contribution in [0.3, 0.4) is 0 Å². The molecule has 0 spiro atoms. The van der Waals surface area contributed by atoms with Crippen LogP contribution in [-0.4, -0.2) is 22.6 Å². The van der Waals surface area contributed by atoms with E-state index in [-0.39, 0.29) is 0 Å². The van der Waals surface area contributed by atoms with Crippen molar-refractivity contribution in [1.82, 2.24) is 0 Å². The van der Waals surface area contributed by atoms with E-state index in [0.29, 0.717) is 11.3 Å². The van der Waals surface area contributed by atoms with E-state index in [1.807, 2.05) is 0 Å². The molecule has 0 aromatic heterocycles. The number of benzene rings is 1. The first-order valence-corrected chi connectivity index (χ1v) is 5.52. The zero-order valence-corrected chi connectivity index (χ0v) is 10.6. The first-order chi connectivity index (χ1) is 8.20. The largest absolute Gasteiger partial charge is 0.480 e. The van der Waals surface area contributed by atoms with E-state index >= 15 is 0 Å². The van der Waals surface area contributed by atoms with E-state index in [1.165, 1.54) is 12.1 Å². The molecule has 18 heavy (non-hydrogen) atoms. The van der Waals surface area contributed by atoms with Crippen LogP contribution in [0.2, 0.25) is 0 Å². The van der Waals surface area contributed by atoms with Crippen LogP contribution in [0.4, 0.5) is 5.69 Å². The Bertz CT molecular complexity index is 445. The van der Waals surface area contributed by atoms with Gasteiger partial charge < -0.3 is 15.6 Å². The van der Waals surface area contributed by atoms with Gasteiger partial charge in [-0.3, -0.25) is 9.59 Å². The van der Waals surface area contributed by atoms with Gasteiger partial charge in [0.05, 0.1) is 0 Å². The lowest BCUT2D eigenvalue weighted by Crippen LogP contribution is -2.31. The minimum Gasteiger partial charge on any atom is -0.480 e. The molecule has 0 aliphatic rings. The van der Waals surface area contributed by atoms with E-state index in [2.05, 4.69) is 0 Å². The number of rotatable bonds is 3. The van der Waals surface area contributed by atoms with Crippen LogP contribution >= 0.6 is 0 Å². The number of nitrogen functional groups attached to an aromatic ring is 1. The highest BCUT2D eigenvalue weighted by Crippen LogP contribution is 2.22. The van der Waals surface area contributed by atoms with Gasteiger partial charge in [0.1, 0.15) is 5.60 Å². The summed E-state index contributed by atoms with van der Waals surface area (Å²) < 4.78 is 5.09. The molecule has 1 aromatic carbocycles. The minimum absolute atomic E-state index is 0.353. The van der Waals surface area contributed by atoms with Crippen molar-refractivity contribution in [2.75, 3.05) is 5.73 Å².